The summed E-state index contributed by atoms with van der Waals surface area (Å²) < 4.78 is 2.17. The van der Waals surface area contributed by atoms with Crippen LogP contribution in [0.25, 0.3) is 11.4 Å². The van der Waals surface area contributed by atoms with E-state index >= 15 is 0 Å². The highest BCUT2D eigenvalue weighted by atomic mass is 16.2. The number of nitrogens with zero attached hydrogens (tertiary/aromatic N) is 4. The first kappa shape index (κ1) is 12.5. The summed E-state index contributed by atoms with van der Waals surface area (Å²) in [5, 5.41) is 11.6. The maximum atomic E-state index is 11.8. The van der Waals surface area contributed by atoms with Crippen molar-refractivity contribution >= 4 is 5.91 Å². The minimum Gasteiger partial charge on any atom is -0.355 e. The molecule has 1 unspecified atom stereocenters. The molecule has 1 aromatic carbocycles. The first-order valence-corrected chi connectivity index (χ1v) is 7.32. The third kappa shape index (κ3) is 2.12. The molecule has 0 spiro atoms. The molecule has 1 fully saturated rings. The Morgan fingerprint density at radius 3 is 2.76 bits per heavy atom. The van der Waals surface area contributed by atoms with E-state index in [9.17, 15) is 4.79 Å². The van der Waals surface area contributed by atoms with Crippen LogP contribution in [-0.2, 0) is 17.9 Å². The standard InChI is InChI=1S/C15H17N5O/c21-15-12(6-7-16-15)19-8-9-20-13(10-19)17-18-14(20)11-4-2-1-3-5-11/h1-5,12H,6-10H2,(H,16,21). The Hall–Kier alpha value is -2.21. The van der Waals surface area contributed by atoms with Crippen LogP contribution in [0.4, 0.5) is 0 Å². The molecule has 1 N–H and O–H groups in total. The minimum absolute atomic E-state index is 0.00405. The average Bonchev–Trinajstić information content (AvgIpc) is 3.13. The Bertz CT molecular complexity index is 666. The van der Waals surface area contributed by atoms with Gasteiger partial charge in [-0.25, -0.2) is 0 Å². The third-order valence-corrected chi connectivity index (χ3v) is 4.28. The normalized spacial score (nSPS) is 22.1. The molecule has 1 amide bonds. The number of amides is 1. The highest BCUT2D eigenvalue weighted by molar-refractivity contribution is 5.83. The van der Waals surface area contributed by atoms with Crippen LogP contribution in [0.3, 0.4) is 0 Å². The Morgan fingerprint density at radius 1 is 1.14 bits per heavy atom. The van der Waals surface area contributed by atoms with E-state index < -0.39 is 0 Å². The molecular formula is C15H17N5O. The van der Waals surface area contributed by atoms with Crippen molar-refractivity contribution in [2.75, 3.05) is 13.1 Å². The van der Waals surface area contributed by atoms with E-state index in [2.05, 4.69) is 25.0 Å². The molecule has 1 saturated heterocycles. The molecular weight excluding hydrogens is 266 g/mol. The van der Waals surface area contributed by atoms with Crippen molar-refractivity contribution in [2.24, 2.45) is 0 Å². The van der Waals surface area contributed by atoms with Crippen molar-refractivity contribution in [3.63, 3.8) is 0 Å². The van der Waals surface area contributed by atoms with Gasteiger partial charge in [-0.3, -0.25) is 9.69 Å². The Morgan fingerprint density at radius 2 is 2.00 bits per heavy atom. The van der Waals surface area contributed by atoms with E-state index in [1.54, 1.807) is 0 Å². The molecule has 2 aliphatic rings. The summed E-state index contributed by atoms with van der Waals surface area (Å²) >= 11 is 0. The van der Waals surface area contributed by atoms with Gasteiger partial charge in [-0.05, 0) is 6.42 Å². The van der Waals surface area contributed by atoms with Gasteiger partial charge >= 0.3 is 0 Å². The Kier molecular flexibility index (Phi) is 2.96. The highest BCUT2D eigenvalue weighted by Crippen LogP contribution is 2.23. The van der Waals surface area contributed by atoms with E-state index in [4.69, 9.17) is 0 Å². The fourth-order valence-corrected chi connectivity index (χ4v) is 3.17. The van der Waals surface area contributed by atoms with E-state index in [1.165, 1.54) is 0 Å². The highest BCUT2D eigenvalue weighted by Gasteiger charge is 2.33. The van der Waals surface area contributed by atoms with Crippen molar-refractivity contribution < 1.29 is 4.79 Å². The fourth-order valence-electron chi connectivity index (χ4n) is 3.17. The summed E-state index contributed by atoms with van der Waals surface area (Å²) in [5.74, 6) is 2.01. The molecule has 1 aromatic heterocycles. The predicted octanol–water partition coefficient (Wildman–Crippen LogP) is 0.649. The van der Waals surface area contributed by atoms with Gasteiger partial charge in [-0.15, -0.1) is 10.2 Å². The molecule has 2 aliphatic heterocycles. The molecule has 0 aliphatic carbocycles. The molecule has 1 atom stereocenters. The second-order valence-corrected chi connectivity index (χ2v) is 5.52. The zero-order valence-electron chi connectivity index (χ0n) is 11.7. The summed E-state index contributed by atoms with van der Waals surface area (Å²) in [6.45, 7) is 3.17. The molecule has 6 nitrogen and oxygen atoms in total. The monoisotopic (exact) mass is 283 g/mol. The topological polar surface area (TPSA) is 63.1 Å². The lowest BCUT2D eigenvalue weighted by Gasteiger charge is -2.31. The number of fused-ring (bicyclic) bond motifs is 1. The van der Waals surface area contributed by atoms with Crippen LogP contribution >= 0.6 is 0 Å². The zero-order valence-corrected chi connectivity index (χ0v) is 11.7. The first-order valence-electron chi connectivity index (χ1n) is 7.32. The van der Waals surface area contributed by atoms with Gasteiger partial charge in [0.1, 0.15) is 5.82 Å². The van der Waals surface area contributed by atoms with Crippen LogP contribution in [0.1, 0.15) is 12.2 Å². The maximum Gasteiger partial charge on any atom is 0.237 e. The van der Waals surface area contributed by atoms with Crippen LogP contribution < -0.4 is 5.32 Å². The second-order valence-electron chi connectivity index (χ2n) is 5.52. The summed E-state index contributed by atoms with van der Waals surface area (Å²) in [6, 6.07) is 10.1. The lowest BCUT2D eigenvalue weighted by atomic mass is 10.1. The summed E-state index contributed by atoms with van der Waals surface area (Å²) in [4.78, 5) is 14.0. The van der Waals surface area contributed by atoms with Gasteiger partial charge in [0, 0.05) is 25.2 Å². The molecule has 21 heavy (non-hydrogen) atoms. The smallest absolute Gasteiger partial charge is 0.237 e. The van der Waals surface area contributed by atoms with Crippen LogP contribution in [0.5, 0.6) is 0 Å². The number of benzene rings is 1. The number of carbonyl (C=O) groups excluding carboxylic acids is 1. The Labute approximate surface area is 122 Å². The van der Waals surface area contributed by atoms with Crippen LogP contribution in [0.15, 0.2) is 30.3 Å². The zero-order chi connectivity index (χ0) is 14.2. The molecule has 6 heteroatoms. The molecule has 2 aromatic rings. The largest absolute Gasteiger partial charge is 0.355 e. The lowest BCUT2D eigenvalue weighted by molar-refractivity contribution is -0.124. The molecule has 3 heterocycles. The number of aromatic nitrogens is 3. The van der Waals surface area contributed by atoms with Crippen LogP contribution in [0, 0.1) is 0 Å². The Balaban J connectivity index is 1.60. The summed E-state index contributed by atoms with van der Waals surface area (Å²) in [7, 11) is 0. The molecule has 108 valence electrons. The number of carbonyl (C=O) groups is 1. The van der Waals surface area contributed by atoms with E-state index in [0.29, 0.717) is 6.54 Å². The predicted molar refractivity (Wildman–Crippen MR) is 77.3 cm³/mol. The van der Waals surface area contributed by atoms with Gasteiger partial charge in [0.05, 0.1) is 12.6 Å². The van der Waals surface area contributed by atoms with Crippen molar-refractivity contribution in [1.82, 2.24) is 25.0 Å². The SMILES string of the molecule is O=C1NCCC1N1CCn2c(nnc2-c2ccccc2)C1. The van der Waals surface area contributed by atoms with Gasteiger partial charge in [0.15, 0.2) is 5.82 Å². The average molecular weight is 283 g/mol. The van der Waals surface area contributed by atoms with Crippen molar-refractivity contribution in [3.8, 4) is 11.4 Å². The van der Waals surface area contributed by atoms with Crippen molar-refractivity contribution in [1.29, 1.82) is 0 Å². The first-order chi connectivity index (χ1) is 10.3. The quantitative estimate of drug-likeness (QED) is 0.879. The molecule has 4 rings (SSSR count). The fraction of sp³-hybridized carbons (Fsp3) is 0.400. The molecule has 0 bridgehead atoms. The van der Waals surface area contributed by atoms with Crippen molar-refractivity contribution in [2.45, 2.75) is 25.6 Å². The van der Waals surface area contributed by atoms with Gasteiger partial charge in [0.25, 0.3) is 0 Å². The van der Waals surface area contributed by atoms with Crippen molar-refractivity contribution in [3.05, 3.63) is 36.2 Å². The number of hydrogen-bond acceptors (Lipinski definition) is 4. The lowest BCUT2D eigenvalue weighted by Crippen LogP contribution is -2.44. The third-order valence-electron chi connectivity index (χ3n) is 4.28. The minimum atomic E-state index is -0.00405. The second kappa shape index (κ2) is 4.96. The molecule has 0 radical (unpaired) electrons. The number of hydrogen-bond donors (Lipinski definition) is 1. The van der Waals surface area contributed by atoms with E-state index in [-0.39, 0.29) is 11.9 Å². The van der Waals surface area contributed by atoms with Gasteiger partial charge < -0.3 is 9.88 Å². The maximum absolute atomic E-state index is 11.8. The van der Waals surface area contributed by atoms with Gasteiger partial charge in [0.2, 0.25) is 5.91 Å². The molecule has 0 saturated carbocycles. The number of rotatable bonds is 2. The van der Waals surface area contributed by atoms with E-state index in [1.807, 2.05) is 30.3 Å². The number of nitrogens with one attached hydrogen (secondary N) is 1. The summed E-state index contributed by atoms with van der Waals surface area (Å²) in [6.07, 6.45) is 0.887. The van der Waals surface area contributed by atoms with Crippen LogP contribution in [0.2, 0.25) is 0 Å². The van der Waals surface area contributed by atoms with Gasteiger partial charge in [-0.2, -0.15) is 0 Å². The summed E-state index contributed by atoms with van der Waals surface area (Å²) in [5.41, 5.74) is 1.09. The van der Waals surface area contributed by atoms with Crippen LogP contribution in [-0.4, -0.2) is 44.7 Å². The van der Waals surface area contributed by atoms with E-state index in [0.717, 1.165) is 43.3 Å². The van der Waals surface area contributed by atoms with Gasteiger partial charge in [-0.1, -0.05) is 30.3 Å².